The lowest BCUT2D eigenvalue weighted by molar-refractivity contribution is -0.117. The van der Waals surface area contributed by atoms with Crippen LogP contribution in [0.5, 0.6) is 0 Å². The van der Waals surface area contributed by atoms with E-state index < -0.39 is 0 Å². The van der Waals surface area contributed by atoms with Crippen molar-refractivity contribution in [1.29, 1.82) is 5.26 Å². The van der Waals surface area contributed by atoms with E-state index in [0.717, 1.165) is 24.3 Å². The lowest BCUT2D eigenvalue weighted by atomic mass is 9.95. The topological polar surface area (TPSA) is 61.1 Å². The number of carbonyl (C=O) groups is 1. The van der Waals surface area contributed by atoms with Gasteiger partial charge in [0.25, 0.3) is 5.91 Å². The molecule has 1 aliphatic rings. The maximum Gasteiger partial charge on any atom is 0.261 e. The number of likely N-dealkylation sites (N-methyl/N-ethyl adjacent to an activating group) is 1. The third kappa shape index (κ3) is 4.98. The fourth-order valence-corrected chi connectivity index (χ4v) is 3.77. The van der Waals surface area contributed by atoms with E-state index in [9.17, 15) is 10.1 Å². The molecule has 26 heavy (non-hydrogen) atoms. The van der Waals surface area contributed by atoms with Crippen LogP contribution in [0, 0.1) is 25.2 Å². The van der Waals surface area contributed by atoms with Crippen LogP contribution in [0.25, 0.3) is 6.08 Å². The molecule has 1 N–H and O–H groups in total. The van der Waals surface area contributed by atoms with Gasteiger partial charge in [0.1, 0.15) is 11.6 Å². The Morgan fingerprint density at radius 2 is 2.08 bits per heavy atom. The first-order chi connectivity index (χ1) is 12.5. The minimum absolute atomic E-state index is 0.174. The summed E-state index contributed by atoms with van der Waals surface area (Å²) >= 11 is 0. The highest BCUT2D eigenvalue weighted by Crippen LogP contribution is 2.32. The van der Waals surface area contributed by atoms with E-state index in [1.54, 1.807) is 6.08 Å². The Kier molecular flexibility index (Phi) is 7.47. The van der Waals surface area contributed by atoms with Crippen LogP contribution in [0.2, 0.25) is 0 Å². The highest BCUT2D eigenvalue weighted by atomic mass is 16.1. The monoisotopic (exact) mass is 356 g/mol. The molecule has 0 bridgehead atoms. The van der Waals surface area contributed by atoms with Crippen LogP contribution >= 0.6 is 0 Å². The number of hydrogen-bond acceptors (Lipinski definition) is 3. The molecule has 0 aromatic carbocycles. The number of nitriles is 1. The Hall–Kier alpha value is -2.06. The van der Waals surface area contributed by atoms with E-state index in [4.69, 9.17) is 0 Å². The molecule has 1 aromatic rings. The van der Waals surface area contributed by atoms with Crippen LogP contribution in [0.1, 0.15) is 62.0 Å². The molecule has 0 spiro atoms. The largest absolute Gasteiger partial charge is 0.350 e. The van der Waals surface area contributed by atoms with E-state index in [1.807, 2.05) is 7.05 Å². The van der Waals surface area contributed by atoms with Gasteiger partial charge in [-0.05, 0) is 58.0 Å². The van der Waals surface area contributed by atoms with Crippen molar-refractivity contribution >= 4 is 12.0 Å². The van der Waals surface area contributed by atoms with Crippen molar-refractivity contribution in [3.63, 3.8) is 0 Å². The fraction of sp³-hybridized carbons (Fsp3) is 0.619. The molecule has 5 heteroatoms. The summed E-state index contributed by atoms with van der Waals surface area (Å²) in [5.74, 6) is -0.292. The summed E-state index contributed by atoms with van der Waals surface area (Å²) in [6.45, 7) is 8.54. The van der Waals surface area contributed by atoms with Gasteiger partial charge in [-0.25, -0.2) is 0 Å². The Balaban J connectivity index is 2.13. The fourth-order valence-electron chi connectivity index (χ4n) is 3.77. The average molecular weight is 357 g/mol. The van der Waals surface area contributed by atoms with Gasteiger partial charge in [0.05, 0.1) is 0 Å². The minimum atomic E-state index is -0.292. The molecule has 1 amide bonds. The summed E-state index contributed by atoms with van der Waals surface area (Å²) < 4.78 is 2.40. The summed E-state index contributed by atoms with van der Waals surface area (Å²) in [5.41, 5.74) is 3.52. The lowest BCUT2D eigenvalue weighted by Gasteiger charge is -2.26. The number of nitrogens with zero attached hydrogens (tertiary/aromatic N) is 3. The van der Waals surface area contributed by atoms with Crippen molar-refractivity contribution in [1.82, 2.24) is 14.8 Å². The van der Waals surface area contributed by atoms with Crippen LogP contribution in [-0.4, -0.2) is 42.1 Å². The summed E-state index contributed by atoms with van der Waals surface area (Å²) in [5, 5.41) is 12.3. The molecule has 1 aromatic heterocycles. The third-order valence-electron chi connectivity index (χ3n) is 5.45. The molecule has 5 nitrogen and oxygen atoms in total. The number of carbonyl (C=O) groups excluding carboxylic acids is 1. The molecular weight excluding hydrogens is 324 g/mol. The van der Waals surface area contributed by atoms with E-state index >= 15 is 0 Å². The van der Waals surface area contributed by atoms with Gasteiger partial charge in [-0.1, -0.05) is 26.2 Å². The van der Waals surface area contributed by atoms with Gasteiger partial charge >= 0.3 is 0 Å². The Labute approximate surface area is 157 Å². The highest BCUT2D eigenvalue weighted by molar-refractivity contribution is 6.01. The average Bonchev–Trinajstić information content (AvgIpc) is 2.93. The quantitative estimate of drug-likeness (QED) is 0.600. The summed E-state index contributed by atoms with van der Waals surface area (Å²) in [6, 6.07) is 4.71. The molecule has 0 saturated heterocycles. The second-order valence-corrected chi connectivity index (χ2v) is 7.31. The van der Waals surface area contributed by atoms with Gasteiger partial charge in [-0.3, -0.25) is 4.79 Å². The van der Waals surface area contributed by atoms with Crippen molar-refractivity contribution in [2.45, 2.75) is 58.9 Å². The number of nitrogens with one attached hydrogen (secondary N) is 1. The van der Waals surface area contributed by atoms with Gasteiger partial charge in [0.2, 0.25) is 0 Å². The predicted octanol–water partition coefficient (Wildman–Crippen LogP) is 3.59. The van der Waals surface area contributed by atoms with Crippen LogP contribution in [0.3, 0.4) is 0 Å². The number of amides is 1. The SMILES string of the molecule is CCN(C)CCNC(=O)/C(C#N)=C/c1cc(C)n(C2CCCCC2)c1C. The maximum absolute atomic E-state index is 12.3. The van der Waals surface area contributed by atoms with Gasteiger partial charge in [0.15, 0.2) is 0 Å². The van der Waals surface area contributed by atoms with Gasteiger partial charge < -0.3 is 14.8 Å². The van der Waals surface area contributed by atoms with Crippen molar-refractivity contribution in [3.8, 4) is 6.07 Å². The highest BCUT2D eigenvalue weighted by Gasteiger charge is 2.20. The number of aromatic nitrogens is 1. The summed E-state index contributed by atoms with van der Waals surface area (Å²) in [6.07, 6.45) is 8.07. The van der Waals surface area contributed by atoms with Crippen LogP contribution < -0.4 is 5.32 Å². The molecule has 1 aliphatic carbocycles. The molecule has 2 rings (SSSR count). The predicted molar refractivity (Wildman–Crippen MR) is 106 cm³/mol. The molecule has 1 saturated carbocycles. The molecule has 142 valence electrons. The zero-order valence-corrected chi connectivity index (χ0v) is 16.6. The van der Waals surface area contributed by atoms with Gasteiger partial charge in [-0.15, -0.1) is 0 Å². The van der Waals surface area contributed by atoms with Crippen molar-refractivity contribution in [3.05, 3.63) is 28.6 Å². The molecule has 0 radical (unpaired) electrons. The molecule has 0 aliphatic heterocycles. The summed E-state index contributed by atoms with van der Waals surface area (Å²) in [7, 11) is 2.01. The molecular formula is C21H32N4O. The van der Waals surface area contributed by atoms with Crippen molar-refractivity contribution < 1.29 is 4.79 Å². The Bertz CT molecular complexity index is 690. The number of rotatable bonds is 7. The van der Waals surface area contributed by atoms with Crippen LogP contribution in [0.4, 0.5) is 0 Å². The second kappa shape index (κ2) is 9.59. The molecule has 0 unspecified atom stereocenters. The van der Waals surface area contributed by atoms with Crippen molar-refractivity contribution in [2.24, 2.45) is 0 Å². The van der Waals surface area contributed by atoms with Crippen molar-refractivity contribution in [2.75, 3.05) is 26.7 Å². The van der Waals surface area contributed by atoms with Crippen LogP contribution in [-0.2, 0) is 4.79 Å². The van der Waals surface area contributed by atoms with Crippen LogP contribution in [0.15, 0.2) is 11.6 Å². The normalized spacial score (nSPS) is 15.9. The molecule has 0 atom stereocenters. The standard InChI is InChI=1S/C21H32N4O/c1-5-24(4)12-11-23-21(26)19(15-22)14-18-13-16(2)25(17(18)3)20-9-7-6-8-10-20/h13-14,20H,5-12H2,1-4H3,(H,23,26)/b19-14+. The number of aryl methyl sites for hydroxylation is 1. The lowest BCUT2D eigenvalue weighted by Crippen LogP contribution is -2.33. The number of hydrogen-bond donors (Lipinski definition) is 1. The van der Waals surface area contributed by atoms with E-state index in [0.29, 0.717) is 12.6 Å². The first kappa shape index (κ1) is 20.3. The minimum Gasteiger partial charge on any atom is -0.350 e. The van der Waals surface area contributed by atoms with E-state index in [-0.39, 0.29) is 11.5 Å². The zero-order chi connectivity index (χ0) is 19.1. The Morgan fingerprint density at radius 3 is 2.69 bits per heavy atom. The second-order valence-electron chi connectivity index (χ2n) is 7.31. The van der Waals surface area contributed by atoms with E-state index in [1.165, 1.54) is 37.8 Å². The summed E-state index contributed by atoms with van der Waals surface area (Å²) in [4.78, 5) is 14.4. The zero-order valence-electron chi connectivity index (χ0n) is 16.6. The first-order valence-corrected chi connectivity index (χ1v) is 9.74. The first-order valence-electron chi connectivity index (χ1n) is 9.74. The smallest absolute Gasteiger partial charge is 0.261 e. The Morgan fingerprint density at radius 1 is 1.38 bits per heavy atom. The third-order valence-corrected chi connectivity index (χ3v) is 5.45. The molecule has 1 heterocycles. The van der Waals surface area contributed by atoms with E-state index in [2.05, 4.69) is 47.7 Å². The maximum atomic E-state index is 12.3. The van der Waals surface area contributed by atoms with Gasteiger partial charge in [-0.2, -0.15) is 5.26 Å². The molecule has 1 fully saturated rings. The van der Waals surface area contributed by atoms with Gasteiger partial charge in [0, 0.05) is 30.5 Å².